The van der Waals surface area contributed by atoms with Crippen LogP contribution in [-0.4, -0.2) is 34.8 Å². The molecule has 1 amide bonds. The minimum atomic E-state index is -1.15. The van der Waals surface area contributed by atoms with Gasteiger partial charge in [-0.05, 0) is 33.3 Å². The molecule has 2 rings (SSSR count). The van der Waals surface area contributed by atoms with Crippen molar-refractivity contribution in [2.45, 2.75) is 38.9 Å². The first-order valence-electron chi connectivity index (χ1n) is 7.29. The lowest BCUT2D eigenvalue weighted by molar-refractivity contribution is 0.0267. The van der Waals surface area contributed by atoms with Gasteiger partial charge in [-0.1, -0.05) is 12.1 Å². The second-order valence-corrected chi connectivity index (χ2v) is 6.56. The molecular weight excluding hydrogens is 292 g/mol. The van der Waals surface area contributed by atoms with Gasteiger partial charge in [-0.15, -0.1) is 0 Å². The van der Waals surface area contributed by atoms with Gasteiger partial charge in [0.15, 0.2) is 11.6 Å². The van der Waals surface area contributed by atoms with Crippen LogP contribution in [0.1, 0.15) is 38.9 Å². The van der Waals surface area contributed by atoms with Crippen molar-refractivity contribution in [1.82, 2.24) is 4.90 Å². The van der Waals surface area contributed by atoms with Gasteiger partial charge in [0.1, 0.15) is 5.60 Å². The molecule has 122 valence electrons. The van der Waals surface area contributed by atoms with Crippen molar-refractivity contribution in [1.29, 1.82) is 0 Å². The lowest BCUT2D eigenvalue weighted by atomic mass is 9.94. The fourth-order valence-corrected chi connectivity index (χ4v) is 2.54. The van der Waals surface area contributed by atoms with Crippen molar-refractivity contribution >= 4 is 6.09 Å². The van der Waals surface area contributed by atoms with Gasteiger partial charge in [0, 0.05) is 24.6 Å². The second kappa shape index (κ2) is 6.20. The highest BCUT2D eigenvalue weighted by Gasteiger charge is 2.35. The monoisotopic (exact) mass is 313 g/mol. The Morgan fingerprint density at radius 1 is 1.41 bits per heavy atom. The van der Waals surface area contributed by atoms with Crippen LogP contribution in [0.15, 0.2) is 18.2 Å². The number of hydrogen-bond donors (Lipinski definition) is 1. The smallest absolute Gasteiger partial charge is 0.410 e. The predicted molar refractivity (Wildman–Crippen MR) is 77.2 cm³/mol. The van der Waals surface area contributed by atoms with E-state index in [0.717, 1.165) is 6.07 Å². The zero-order valence-corrected chi connectivity index (χ0v) is 13.0. The average molecular weight is 313 g/mol. The Morgan fingerprint density at radius 3 is 2.73 bits per heavy atom. The van der Waals surface area contributed by atoms with Gasteiger partial charge < -0.3 is 14.7 Å². The fourth-order valence-electron chi connectivity index (χ4n) is 2.54. The molecule has 0 bridgehead atoms. The van der Waals surface area contributed by atoms with Crippen LogP contribution in [0.4, 0.5) is 13.6 Å². The summed E-state index contributed by atoms with van der Waals surface area (Å²) >= 11 is 0. The average Bonchev–Trinajstić information content (AvgIpc) is 2.89. The van der Waals surface area contributed by atoms with Crippen LogP contribution in [0, 0.1) is 17.6 Å². The quantitative estimate of drug-likeness (QED) is 0.912. The van der Waals surface area contributed by atoms with Gasteiger partial charge in [0.25, 0.3) is 0 Å². The van der Waals surface area contributed by atoms with E-state index < -0.39 is 29.4 Å². The first-order valence-corrected chi connectivity index (χ1v) is 7.29. The first-order chi connectivity index (χ1) is 10.2. The Bertz CT molecular complexity index is 557. The highest BCUT2D eigenvalue weighted by molar-refractivity contribution is 5.68. The van der Waals surface area contributed by atoms with Crippen LogP contribution in [0.3, 0.4) is 0 Å². The minimum absolute atomic E-state index is 0.0731. The Morgan fingerprint density at radius 2 is 2.09 bits per heavy atom. The summed E-state index contributed by atoms with van der Waals surface area (Å²) in [6.07, 6.45) is -1.10. The molecule has 0 spiro atoms. The Hall–Kier alpha value is -1.69. The third kappa shape index (κ3) is 3.74. The molecule has 0 aliphatic carbocycles. The van der Waals surface area contributed by atoms with Crippen molar-refractivity contribution < 1.29 is 23.4 Å². The molecule has 6 heteroatoms. The van der Waals surface area contributed by atoms with E-state index in [2.05, 4.69) is 0 Å². The minimum Gasteiger partial charge on any atom is -0.444 e. The summed E-state index contributed by atoms with van der Waals surface area (Å²) in [7, 11) is 0. The third-order valence-corrected chi connectivity index (χ3v) is 3.62. The zero-order valence-electron chi connectivity index (χ0n) is 13.0. The van der Waals surface area contributed by atoms with E-state index >= 15 is 0 Å². The molecule has 1 aromatic rings. The second-order valence-electron chi connectivity index (χ2n) is 6.56. The Labute approximate surface area is 128 Å². The standard InChI is InChI=1S/C16H21F2NO3/c1-16(2,3)22-15(21)19-8-7-10(9-19)14(20)11-5-4-6-12(17)13(11)18/h4-6,10,14,20H,7-9H2,1-3H3. The third-order valence-electron chi connectivity index (χ3n) is 3.62. The van der Waals surface area contributed by atoms with Gasteiger partial charge in [0.2, 0.25) is 0 Å². The highest BCUT2D eigenvalue weighted by Crippen LogP contribution is 2.32. The lowest BCUT2D eigenvalue weighted by Crippen LogP contribution is -2.35. The molecule has 1 aromatic carbocycles. The van der Waals surface area contributed by atoms with E-state index in [1.165, 1.54) is 17.0 Å². The van der Waals surface area contributed by atoms with Crippen molar-refractivity contribution in [3.8, 4) is 0 Å². The number of likely N-dealkylation sites (tertiary alicyclic amines) is 1. The number of nitrogens with zero attached hydrogens (tertiary/aromatic N) is 1. The number of carbonyl (C=O) groups is 1. The molecule has 1 saturated heterocycles. The topological polar surface area (TPSA) is 49.8 Å². The number of amides is 1. The summed E-state index contributed by atoms with van der Waals surface area (Å²) in [4.78, 5) is 13.5. The van der Waals surface area contributed by atoms with Crippen LogP contribution in [0.5, 0.6) is 0 Å². The molecule has 1 heterocycles. The van der Waals surface area contributed by atoms with Crippen LogP contribution in [0.25, 0.3) is 0 Å². The number of halogens is 2. The summed E-state index contributed by atoms with van der Waals surface area (Å²) in [6.45, 7) is 6.00. The summed E-state index contributed by atoms with van der Waals surface area (Å²) in [5.74, 6) is -2.37. The van der Waals surface area contributed by atoms with Crippen molar-refractivity contribution in [3.63, 3.8) is 0 Å². The molecule has 1 N–H and O–H groups in total. The van der Waals surface area contributed by atoms with E-state index in [0.29, 0.717) is 13.0 Å². The van der Waals surface area contributed by atoms with Gasteiger partial charge >= 0.3 is 6.09 Å². The number of hydrogen-bond acceptors (Lipinski definition) is 3. The number of rotatable bonds is 2. The lowest BCUT2D eigenvalue weighted by Gasteiger charge is -2.25. The van der Waals surface area contributed by atoms with Gasteiger partial charge in [0.05, 0.1) is 6.10 Å². The summed E-state index contributed by atoms with van der Waals surface area (Å²) in [5, 5.41) is 10.3. The first kappa shape index (κ1) is 16.7. The fraction of sp³-hybridized carbons (Fsp3) is 0.562. The van der Waals surface area contributed by atoms with Crippen molar-refractivity contribution in [2.24, 2.45) is 5.92 Å². The van der Waals surface area contributed by atoms with E-state index in [1.807, 2.05) is 0 Å². The Balaban J connectivity index is 2.04. The van der Waals surface area contributed by atoms with Gasteiger partial charge in [-0.3, -0.25) is 0 Å². The maximum atomic E-state index is 13.7. The number of benzene rings is 1. The van der Waals surface area contributed by atoms with Crippen LogP contribution >= 0.6 is 0 Å². The van der Waals surface area contributed by atoms with Crippen LogP contribution < -0.4 is 0 Å². The summed E-state index contributed by atoms with van der Waals surface area (Å²) in [5.41, 5.74) is -0.668. The molecule has 0 saturated carbocycles. The van der Waals surface area contributed by atoms with Crippen LogP contribution in [-0.2, 0) is 4.74 Å². The molecule has 0 radical (unpaired) electrons. The highest BCUT2D eigenvalue weighted by atomic mass is 19.2. The van der Waals surface area contributed by atoms with E-state index in [9.17, 15) is 18.7 Å². The van der Waals surface area contributed by atoms with Crippen LogP contribution in [0.2, 0.25) is 0 Å². The summed E-state index contributed by atoms with van der Waals surface area (Å²) < 4.78 is 32.3. The number of aliphatic hydroxyl groups is 1. The molecule has 2 atom stereocenters. The molecule has 0 aromatic heterocycles. The van der Waals surface area contributed by atoms with Gasteiger partial charge in [-0.2, -0.15) is 0 Å². The number of aliphatic hydroxyl groups excluding tert-OH is 1. The van der Waals surface area contributed by atoms with Crippen molar-refractivity contribution in [2.75, 3.05) is 13.1 Å². The van der Waals surface area contributed by atoms with E-state index in [-0.39, 0.29) is 18.0 Å². The largest absolute Gasteiger partial charge is 0.444 e. The predicted octanol–water partition coefficient (Wildman–Crippen LogP) is 3.26. The molecule has 1 fully saturated rings. The summed E-state index contributed by atoms with van der Waals surface area (Å²) in [6, 6.07) is 3.73. The molecular formula is C16H21F2NO3. The molecule has 1 aliphatic heterocycles. The SMILES string of the molecule is CC(C)(C)OC(=O)N1CCC(C(O)c2cccc(F)c2F)C1. The van der Waals surface area contributed by atoms with Crippen molar-refractivity contribution in [3.05, 3.63) is 35.4 Å². The van der Waals surface area contributed by atoms with E-state index in [4.69, 9.17) is 4.74 Å². The molecule has 2 unspecified atom stereocenters. The zero-order chi connectivity index (χ0) is 16.5. The number of carbonyl (C=O) groups excluding carboxylic acids is 1. The van der Waals surface area contributed by atoms with Gasteiger partial charge in [-0.25, -0.2) is 13.6 Å². The normalized spacial score (nSPS) is 20.1. The molecule has 4 nitrogen and oxygen atoms in total. The molecule has 22 heavy (non-hydrogen) atoms. The maximum Gasteiger partial charge on any atom is 0.410 e. The molecule has 1 aliphatic rings. The number of ether oxygens (including phenoxy) is 1. The van der Waals surface area contributed by atoms with E-state index in [1.54, 1.807) is 20.8 Å². The Kier molecular flexibility index (Phi) is 4.70. The maximum absolute atomic E-state index is 13.7.